The molecule has 1 N–H and O–H groups in total. The van der Waals surface area contributed by atoms with E-state index in [1.165, 1.54) is 21.0 Å². The summed E-state index contributed by atoms with van der Waals surface area (Å²) in [6.07, 6.45) is 0.541. The smallest absolute Gasteiger partial charge is 0.262 e. The first-order valence-electron chi connectivity index (χ1n) is 5.72. The van der Waals surface area contributed by atoms with Crippen molar-refractivity contribution < 1.29 is 18.6 Å². The van der Waals surface area contributed by atoms with E-state index in [0.29, 0.717) is 6.42 Å². The van der Waals surface area contributed by atoms with Gasteiger partial charge in [-0.2, -0.15) is 0 Å². The Balaban J connectivity index is 5.27. The van der Waals surface area contributed by atoms with Gasteiger partial charge in [-0.05, 0) is 12.8 Å². The molecule has 2 atom stereocenters. The van der Waals surface area contributed by atoms with E-state index >= 15 is 0 Å². The zero-order chi connectivity index (χ0) is 13.0. The van der Waals surface area contributed by atoms with Crippen molar-refractivity contribution >= 4 is 0 Å². The molecular weight excluding hydrogens is 214 g/mol. The van der Waals surface area contributed by atoms with Crippen LogP contribution >= 0.6 is 0 Å². The van der Waals surface area contributed by atoms with Crippen molar-refractivity contribution in [3.63, 3.8) is 0 Å². The van der Waals surface area contributed by atoms with Gasteiger partial charge in [0.25, 0.3) is 5.92 Å². The van der Waals surface area contributed by atoms with Gasteiger partial charge in [0.1, 0.15) is 0 Å². The summed E-state index contributed by atoms with van der Waals surface area (Å²) in [7, 11) is 1.42. The largest absolute Gasteiger partial charge is 0.396 e. The van der Waals surface area contributed by atoms with Gasteiger partial charge in [-0.1, -0.05) is 27.7 Å². The molecule has 0 aliphatic rings. The maximum Gasteiger partial charge on any atom is 0.262 e. The van der Waals surface area contributed by atoms with Gasteiger partial charge in [0.15, 0.2) is 0 Å². The molecule has 0 aliphatic carbocycles. The van der Waals surface area contributed by atoms with Crippen LogP contribution in [0.5, 0.6) is 0 Å². The highest BCUT2D eigenvalue weighted by Crippen LogP contribution is 2.52. The second kappa shape index (κ2) is 5.41. The number of rotatable bonds is 7. The van der Waals surface area contributed by atoms with E-state index in [1.54, 1.807) is 13.8 Å². The van der Waals surface area contributed by atoms with Gasteiger partial charge >= 0.3 is 0 Å². The van der Waals surface area contributed by atoms with Gasteiger partial charge in [-0.3, -0.25) is 0 Å². The second-order valence-electron chi connectivity index (χ2n) is 4.99. The van der Waals surface area contributed by atoms with Crippen LogP contribution in [-0.2, 0) is 4.74 Å². The molecule has 0 aromatic carbocycles. The van der Waals surface area contributed by atoms with Crippen LogP contribution in [0.25, 0.3) is 0 Å². The number of hydrogen-bond acceptors (Lipinski definition) is 2. The Kier molecular flexibility index (Phi) is 5.33. The van der Waals surface area contributed by atoms with E-state index in [9.17, 15) is 13.9 Å². The topological polar surface area (TPSA) is 29.5 Å². The van der Waals surface area contributed by atoms with Crippen molar-refractivity contribution in [2.75, 3.05) is 20.3 Å². The first kappa shape index (κ1) is 15.8. The Bertz CT molecular complexity index is 215. The quantitative estimate of drug-likeness (QED) is 0.738. The highest BCUT2D eigenvalue weighted by molar-refractivity contribution is 4.99. The van der Waals surface area contributed by atoms with Crippen molar-refractivity contribution in [2.24, 2.45) is 10.8 Å². The predicted octanol–water partition coefficient (Wildman–Crippen LogP) is 3.09. The van der Waals surface area contributed by atoms with E-state index in [-0.39, 0.29) is 13.0 Å². The van der Waals surface area contributed by atoms with Crippen LogP contribution in [0.3, 0.4) is 0 Å². The molecular formula is C12H24F2O2. The average molecular weight is 238 g/mol. The minimum atomic E-state index is -2.96. The SMILES string of the molecule is CCC(C)(CO)C(F)(F)C(C)(CC)COC. The van der Waals surface area contributed by atoms with E-state index in [2.05, 4.69) is 0 Å². The fourth-order valence-electron chi connectivity index (χ4n) is 1.89. The molecule has 0 heterocycles. The van der Waals surface area contributed by atoms with Crippen molar-refractivity contribution in [1.29, 1.82) is 0 Å². The maximum atomic E-state index is 14.5. The zero-order valence-corrected chi connectivity index (χ0v) is 10.9. The van der Waals surface area contributed by atoms with Crippen LogP contribution in [0, 0.1) is 10.8 Å². The third-order valence-corrected chi connectivity index (χ3v) is 3.89. The van der Waals surface area contributed by atoms with E-state index in [4.69, 9.17) is 4.74 Å². The standard InChI is InChI=1S/C12H24F2O2/c1-6-10(3,8-15)12(13,14)11(4,7-2)9-16-5/h15H,6-9H2,1-5H3. The number of alkyl halides is 2. The van der Waals surface area contributed by atoms with Gasteiger partial charge in [0.05, 0.1) is 24.0 Å². The molecule has 2 unspecified atom stereocenters. The maximum absolute atomic E-state index is 14.5. The summed E-state index contributed by atoms with van der Waals surface area (Å²) < 4.78 is 33.8. The number of ether oxygens (including phenoxy) is 1. The monoisotopic (exact) mass is 238 g/mol. The molecule has 0 radical (unpaired) electrons. The molecule has 0 saturated carbocycles. The van der Waals surface area contributed by atoms with Crippen LogP contribution in [0.1, 0.15) is 40.5 Å². The summed E-state index contributed by atoms with van der Waals surface area (Å²) in [5.74, 6) is -2.96. The molecule has 0 spiro atoms. The fourth-order valence-corrected chi connectivity index (χ4v) is 1.89. The Morgan fingerprint density at radius 1 is 1.06 bits per heavy atom. The summed E-state index contributed by atoms with van der Waals surface area (Å²) in [4.78, 5) is 0. The molecule has 0 aromatic rings. The van der Waals surface area contributed by atoms with E-state index in [1.807, 2.05) is 0 Å². The first-order valence-corrected chi connectivity index (χ1v) is 5.72. The van der Waals surface area contributed by atoms with Crippen LogP contribution < -0.4 is 0 Å². The van der Waals surface area contributed by atoms with E-state index < -0.39 is 23.4 Å². The highest BCUT2D eigenvalue weighted by Gasteiger charge is 2.59. The third kappa shape index (κ3) is 2.38. The Labute approximate surface area is 97.0 Å². The lowest BCUT2D eigenvalue weighted by atomic mass is 9.67. The molecule has 0 amide bonds. The lowest BCUT2D eigenvalue weighted by Gasteiger charge is -2.46. The molecule has 0 aliphatic heterocycles. The van der Waals surface area contributed by atoms with Gasteiger partial charge in [-0.15, -0.1) is 0 Å². The molecule has 4 heteroatoms. The summed E-state index contributed by atoms with van der Waals surface area (Å²) >= 11 is 0. The Morgan fingerprint density at radius 2 is 1.50 bits per heavy atom. The molecule has 16 heavy (non-hydrogen) atoms. The van der Waals surface area contributed by atoms with Crippen molar-refractivity contribution in [3.8, 4) is 0 Å². The minimum absolute atomic E-state index is 0.00785. The molecule has 0 bridgehead atoms. The lowest BCUT2D eigenvalue weighted by Crippen LogP contribution is -2.54. The Hall–Kier alpha value is -0.220. The van der Waals surface area contributed by atoms with Crippen LogP contribution in [0.15, 0.2) is 0 Å². The van der Waals surface area contributed by atoms with E-state index in [0.717, 1.165) is 0 Å². The normalized spacial score (nSPS) is 20.2. The minimum Gasteiger partial charge on any atom is -0.396 e. The van der Waals surface area contributed by atoms with Crippen molar-refractivity contribution in [1.82, 2.24) is 0 Å². The van der Waals surface area contributed by atoms with Gasteiger partial charge < -0.3 is 9.84 Å². The Morgan fingerprint density at radius 3 is 1.75 bits per heavy atom. The van der Waals surface area contributed by atoms with Crippen molar-refractivity contribution in [3.05, 3.63) is 0 Å². The highest BCUT2D eigenvalue weighted by atomic mass is 19.3. The van der Waals surface area contributed by atoms with Gasteiger partial charge in [0.2, 0.25) is 0 Å². The number of aliphatic hydroxyl groups excluding tert-OH is 1. The number of methoxy groups -OCH3 is 1. The van der Waals surface area contributed by atoms with Crippen LogP contribution in [0.2, 0.25) is 0 Å². The fraction of sp³-hybridized carbons (Fsp3) is 1.00. The summed E-state index contributed by atoms with van der Waals surface area (Å²) in [5.41, 5.74) is -2.63. The predicted molar refractivity (Wildman–Crippen MR) is 60.7 cm³/mol. The third-order valence-electron chi connectivity index (χ3n) is 3.89. The molecule has 0 fully saturated rings. The van der Waals surface area contributed by atoms with Crippen LogP contribution in [-0.4, -0.2) is 31.4 Å². The second-order valence-corrected chi connectivity index (χ2v) is 4.99. The molecule has 0 saturated heterocycles. The molecule has 0 rings (SSSR count). The lowest BCUT2D eigenvalue weighted by molar-refractivity contribution is -0.226. The molecule has 0 aromatic heterocycles. The summed E-state index contributed by atoms with van der Waals surface area (Å²) in [6, 6.07) is 0. The first-order chi connectivity index (χ1) is 7.24. The average Bonchev–Trinajstić information content (AvgIpc) is 2.27. The van der Waals surface area contributed by atoms with Crippen molar-refractivity contribution in [2.45, 2.75) is 46.5 Å². The zero-order valence-electron chi connectivity index (χ0n) is 10.9. The summed E-state index contributed by atoms with van der Waals surface area (Å²) in [5, 5.41) is 9.23. The molecule has 2 nitrogen and oxygen atoms in total. The number of halogens is 2. The number of aliphatic hydroxyl groups is 1. The van der Waals surface area contributed by atoms with Gasteiger partial charge in [0, 0.05) is 7.11 Å². The van der Waals surface area contributed by atoms with Crippen LogP contribution in [0.4, 0.5) is 8.78 Å². The number of hydrogen-bond donors (Lipinski definition) is 1. The van der Waals surface area contributed by atoms with Gasteiger partial charge in [-0.25, -0.2) is 8.78 Å². The molecule has 98 valence electrons. The summed E-state index contributed by atoms with van der Waals surface area (Å²) in [6.45, 7) is 5.81.